The second-order valence-corrected chi connectivity index (χ2v) is 5.69. The van der Waals surface area contributed by atoms with Crippen molar-refractivity contribution < 1.29 is 9.53 Å². The summed E-state index contributed by atoms with van der Waals surface area (Å²) in [6, 6.07) is 0. The largest absolute Gasteiger partial charge is 0.383 e. The zero-order valence-corrected chi connectivity index (χ0v) is 13.2. The predicted molar refractivity (Wildman–Crippen MR) is 81.2 cm³/mol. The van der Waals surface area contributed by atoms with E-state index in [-0.39, 0.29) is 5.91 Å². The average Bonchev–Trinajstić information content (AvgIpc) is 2.84. The lowest BCUT2D eigenvalue weighted by molar-refractivity contribution is -0.121. The molecule has 1 aliphatic rings. The third-order valence-electron chi connectivity index (χ3n) is 3.72. The minimum Gasteiger partial charge on any atom is -0.383 e. The number of rotatable bonds is 7. The molecule has 0 fully saturated rings. The summed E-state index contributed by atoms with van der Waals surface area (Å²) < 4.78 is 7.18. The predicted octanol–water partition coefficient (Wildman–Crippen LogP) is 0.805. The van der Waals surface area contributed by atoms with Gasteiger partial charge in [-0.15, -0.1) is 0 Å². The Morgan fingerprint density at radius 1 is 1.52 bits per heavy atom. The molecule has 0 aromatic carbocycles. The third-order valence-corrected chi connectivity index (χ3v) is 3.72. The molecular formula is C15H26N4O2. The minimum absolute atomic E-state index is 0.0677. The van der Waals surface area contributed by atoms with Crippen molar-refractivity contribution in [2.45, 2.75) is 45.7 Å². The minimum atomic E-state index is 0.0677. The van der Waals surface area contributed by atoms with Gasteiger partial charge >= 0.3 is 0 Å². The van der Waals surface area contributed by atoms with E-state index in [2.05, 4.69) is 29.0 Å². The van der Waals surface area contributed by atoms with E-state index in [9.17, 15) is 4.79 Å². The number of ether oxygens (including phenoxy) is 1. The standard InChI is InChI=1S/C15H26N4O2/c1-11(2)15-18-12-10-16-6-4-13(12)19(15)8-5-14(20)17-7-9-21-3/h11,16H,4-10H2,1-3H3,(H,17,20). The number of amides is 1. The Hall–Kier alpha value is -1.40. The van der Waals surface area contributed by atoms with Crippen molar-refractivity contribution in [3.05, 3.63) is 17.2 Å². The van der Waals surface area contributed by atoms with Crippen molar-refractivity contribution in [3.63, 3.8) is 0 Å². The molecule has 1 aromatic heterocycles. The fourth-order valence-electron chi connectivity index (χ4n) is 2.68. The Morgan fingerprint density at radius 2 is 2.33 bits per heavy atom. The number of methoxy groups -OCH3 is 1. The summed E-state index contributed by atoms with van der Waals surface area (Å²) in [7, 11) is 1.63. The number of hydrogen-bond acceptors (Lipinski definition) is 4. The number of hydrogen-bond donors (Lipinski definition) is 2. The van der Waals surface area contributed by atoms with Crippen molar-refractivity contribution in [3.8, 4) is 0 Å². The molecule has 2 rings (SSSR count). The molecule has 0 saturated heterocycles. The number of nitrogens with zero attached hydrogens (tertiary/aromatic N) is 2. The summed E-state index contributed by atoms with van der Waals surface area (Å²) in [5.41, 5.74) is 2.44. The van der Waals surface area contributed by atoms with Gasteiger partial charge in [0.1, 0.15) is 5.82 Å². The van der Waals surface area contributed by atoms with Gasteiger partial charge in [0, 0.05) is 57.7 Å². The molecule has 0 atom stereocenters. The van der Waals surface area contributed by atoms with Gasteiger partial charge in [-0.1, -0.05) is 13.8 Å². The third kappa shape index (κ3) is 4.04. The second kappa shape index (κ2) is 7.56. The first-order valence-corrected chi connectivity index (χ1v) is 7.68. The molecule has 2 N–H and O–H groups in total. The number of nitrogens with one attached hydrogen (secondary N) is 2. The number of aromatic nitrogens is 2. The maximum atomic E-state index is 11.8. The first-order chi connectivity index (χ1) is 10.1. The zero-order valence-electron chi connectivity index (χ0n) is 13.2. The van der Waals surface area contributed by atoms with Crippen LogP contribution in [0.3, 0.4) is 0 Å². The van der Waals surface area contributed by atoms with Crippen molar-refractivity contribution in [1.29, 1.82) is 0 Å². The molecule has 21 heavy (non-hydrogen) atoms. The maximum absolute atomic E-state index is 11.8. The lowest BCUT2D eigenvalue weighted by atomic mass is 10.1. The molecule has 0 aliphatic carbocycles. The van der Waals surface area contributed by atoms with Gasteiger partial charge in [0.15, 0.2) is 0 Å². The van der Waals surface area contributed by atoms with Crippen LogP contribution in [0.5, 0.6) is 0 Å². The van der Waals surface area contributed by atoms with Crippen LogP contribution in [0, 0.1) is 0 Å². The first-order valence-electron chi connectivity index (χ1n) is 7.68. The summed E-state index contributed by atoms with van der Waals surface area (Å²) in [6.45, 7) is 7.94. The number of fused-ring (bicyclic) bond motifs is 1. The highest BCUT2D eigenvalue weighted by Gasteiger charge is 2.21. The van der Waals surface area contributed by atoms with Crippen molar-refractivity contribution in [2.75, 3.05) is 26.8 Å². The van der Waals surface area contributed by atoms with Crippen LogP contribution in [0.1, 0.15) is 43.4 Å². The summed E-state index contributed by atoms with van der Waals surface area (Å²) in [6.07, 6.45) is 1.47. The van der Waals surface area contributed by atoms with Gasteiger partial charge in [-0.25, -0.2) is 4.98 Å². The lowest BCUT2D eigenvalue weighted by Gasteiger charge is -2.17. The zero-order chi connectivity index (χ0) is 15.2. The number of imidazole rings is 1. The number of carbonyl (C=O) groups is 1. The van der Waals surface area contributed by atoms with Crippen LogP contribution in [0.25, 0.3) is 0 Å². The van der Waals surface area contributed by atoms with Gasteiger partial charge in [-0.05, 0) is 0 Å². The van der Waals surface area contributed by atoms with Crippen LogP contribution < -0.4 is 10.6 Å². The molecule has 0 spiro atoms. The topological polar surface area (TPSA) is 68.2 Å². The molecule has 118 valence electrons. The SMILES string of the molecule is COCCNC(=O)CCn1c(C(C)C)nc2c1CCNC2. The molecule has 6 nitrogen and oxygen atoms in total. The van der Waals surface area contributed by atoms with Crippen LogP contribution >= 0.6 is 0 Å². The molecule has 6 heteroatoms. The van der Waals surface area contributed by atoms with Crippen LogP contribution in [-0.2, 0) is 29.0 Å². The van der Waals surface area contributed by atoms with E-state index >= 15 is 0 Å². The summed E-state index contributed by atoms with van der Waals surface area (Å²) in [4.78, 5) is 16.6. The van der Waals surface area contributed by atoms with E-state index in [1.54, 1.807) is 7.11 Å². The van der Waals surface area contributed by atoms with E-state index in [4.69, 9.17) is 9.72 Å². The Labute approximate surface area is 126 Å². The fourth-order valence-corrected chi connectivity index (χ4v) is 2.68. The van der Waals surface area contributed by atoms with Crippen molar-refractivity contribution >= 4 is 5.91 Å². The summed E-state index contributed by atoms with van der Waals surface area (Å²) in [5, 5.41) is 6.22. The Balaban J connectivity index is 2.01. The van der Waals surface area contributed by atoms with Crippen molar-refractivity contribution in [2.24, 2.45) is 0 Å². The maximum Gasteiger partial charge on any atom is 0.221 e. The van der Waals surface area contributed by atoms with Crippen LogP contribution in [-0.4, -0.2) is 42.3 Å². The van der Waals surface area contributed by atoms with E-state index in [1.165, 1.54) is 5.69 Å². The van der Waals surface area contributed by atoms with Gasteiger partial charge in [0.05, 0.1) is 12.3 Å². The molecule has 1 aliphatic heterocycles. The second-order valence-electron chi connectivity index (χ2n) is 5.69. The normalized spacial score (nSPS) is 14.3. The molecule has 0 radical (unpaired) electrons. The average molecular weight is 294 g/mol. The molecule has 0 unspecified atom stereocenters. The summed E-state index contributed by atoms with van der Waals surface area (Å²) >= 11 is 0. The van der Waals surface area contributed by atoms with E-state index < -0.39 is 0 Å². The highest BCUT2D eigenvalue weighted by molar-refractivity contribution is 5.75. The number of carbonyl (C=O) groups excluding carboxylic acids is 1. The van der Waals surface area contributed by atoms with Gasteiger partial charge in [0.25, 0.3) is 0 Å². The van der Waals surface area contributed by atoms with Gasteiger partial charge in [-0.2, -0.15) is 0 Å². The Morgan fingerprint density at radius 3 is 3.05 bits per heavy atom. The molecule has 0 bridgehead atoms. The van der Waals surface area contributed by atoms with Gasteiger partial charge in [-0.3, -0.25) is 4.79 Å². The van der Waals surface area contributed by atoms with E-state index in [0.717, 1.165) is 31.0 Å². The van der Waals surface area contributed by atoms with Crippen LogP contribution in [0.2, 0.25) is 0 Å². The van der Waals surface area contributed by atoms with Crippen molar-refractivity contribution in [1.82, 2.24) is 20.2 Å². The summed E-state index contributed by atoms with van der Waals surface area (Å²) in [5.74, 6) is 1.53. The Bertz CT molecular complexity index is 482. The first kappa shape index (κ1) is 16.0. The lowest BCUT2D eigenvalue weighted by Crippen LogP contribution is -2.29. The molecule has 0 saturated carbocycles. The van der Waals surface area contributed by atoms with E-state index in [0.29, 0.717) is 32.0 Å². The van der Waals surface area contributed by atoms with Crippen LogP contribution in [0.15, 0.2) is 0 Å². The molecular weight excluding hydrogens is 268 g/mol. The molecule has 2 heterocycles. The highest BCUT2D eigenvalue weighted by Crippen LogP contribution is 2.22. The smallest absolute Gasteiger partial charge is 0.221 e. The Kier molecular flexibility index (Phi) is 5.76. The molecule has 1 aromatic rings. The van der Waals surface area contributed by atoms with Gasteiger partial charge < -0.3 is 19.9 Å². The molecule has 1 amide bonds. The van der Waals surface area contributed by atoms with E-state index in [1.807, 2.05) is 0 Å². The van der Waals surface area contributed by atoms with Crippen LogP contribution in [0.4, 0.5) is 0 Å². The quantitative estimate of drug-likeness (QED) is 0.730. The highest BCUT2D eigenvalue weighted by atomic mass is 16.5. The fraction of sp³-hybridized carbons (Fsp3) is 0.733. The monoisotopic (exact) mass is 294 g/mol. The van der Waals surface area contributed by atoms with Gasteiger partial charge in [0.2, 0.25) is 5.91 Å².